The molecule has 218 valence electrons. The second-order valence-electron chi connectivity index (χ2n) is 9.92. The zero-order valence-corrected chi connectivity index (χ0v) is 23.9. The van der Waals surface area contributed by atoms with Crippen molar-refractivity contribution >= 4 is 23.5 Å². The lowest BCUT2D eigenvalue weighted by molar-refractivity contribution is -0.114. The molecule has 2 atom stereocenters. The lowest BCUT2D eigenvalue weighted by Crippen LogP contribution is -2.25. The summed E-state index contributed by atoms with van der Waals surface area (Å²) in [6.45, 7) is 2.13. The molecule has 0 aromatic heterocycles. The monoisotopic (exact) mass is 562 g/mol. The van der Waals surface area contributed by atoms with Crippen LogP contribution in [0, 0.1) is 0 Å². The van der Waals surface area contributed by atoms with Crippen molar-refractivity contribution in [1.82, 2.24) is 0 Å². The van der Waals surface area contributed by atoms with Crippen molar-refractivity contribution in [3.05, 3.63) is 83.5 Å². The molecule has 0 aliphatic heterocycles. The fourth-order valence-corrected chi connectivity index (χ4v) is 4.53. The van der Waals surface area contributed by atoms with E-state index < -0.39 is 24.1 Å². The van der Waals surface area contributed by atoms with Crippen LogP contribution in [0.3, 0.4) is 0 Å². The summed E-state index contributed by atoms with van der Waals surface area (Å²) in [5.41, 5.74) is 0.954. The molecule has 0 radical (unpaired) electrons. The first kappa shape index (κ1) is 31.3. The number of unbranched alkanes of at least 4 members (excludes halogenated alkanes) is 3. The van der Waals surface area contributed by atoms with Gasteiger partial charge in [0, 0.05) is 12.0 Å². The molecule has 41 heavy (non-hydrogen) atoms. The molecule has 0 saturated heterocycles. The van der Waals surface area contributed by atoms with Gasteiger partial charge in [-0.3, -0.25) is 9.59 Å². The fraction of sp³-hybridized carbons (Fsp3) is 0.394. The number of hydrogen-bond acceptors (Lipinski definition) is 8. The third kappa shape index (κ3) is 10.0. The number of hydrogen-bond donors (Lipinski definition) is 0. The number of allylic oxidation sites excluding steroid dienone is 3. The Morgan fingerprint density at radius 3 is 1.90 bits per heavy atom. The summed E-state index contributed by atoms with van der Waals surface area (Å²) in [4.78, 5) is 50.5. The van der Waals surface area contributed by atoms with Gasteiger partial charge in [-0.1, -0.05) is 38.3 Å². The number of rotatable bonds is 16. The van der Waals surface area contributed by atoms with Crippen LogP contribution in [-0.2, 0) is 19.1 Å². The van der Waals surface area contributed by atoms with Crippen molar-refractivity contribution in [3.63, 3.8) is 0 Å². The molecule has 2 aromatic rings. The molecule has 3 rings (SSSR count). The summed E-state index contributed by atoms with van der Waals surface area (Å²) in [5, 5.41) is 0. The van der Waals surface area contributed by atoms with Crippen molar-refractivity contribution in [2.24, 2.45) is 0 Å². The highest BCUT2D eigenvalue weighted by molar-refractivity contribution is 6.17. The quantitative estimate of drug-likeness (QED) is 0.135. The number of benzene rings is 2. The molecule has 0 heterocycles. The molecule has 8 heteroatoms. The molecule has 1 aliphatic carbocycles. The number of carbonyl (C=O) groups excluding carboxylic acids is 4. The minimum absolute atomic E-state index is 0.0665. The van der Waals surface area contributed by atoms with Crippen LogP contribution in [0.2, 0.25) is 0 Å². The second kappa shape index (κ2) is 16.2. The largest absolute Gasteiger partial charge is 0.497 e. The Kier molecular flexibility index (Phi) is 12.3. The van der Waals surface area contributed by atoms with Crippen LogP contribution in [0.5, 0.6) is 11.5 Å². The van der Waals surface area contributed by atoms with Crippen LogP contribution in [0.15, 0.2) is 72.3 Å². The summed E-state index contributed by atoms with van der Waals surface area (Å²) in [6, 6.07) is 13.4. The first-order valence-corrected chi connectivity index (χ1v) is 14.0. The lowest BCUT2D eigenvalue weighted by atomic mass is 9.94. The molecular formula is C33H38O8. The highest BCUT2D eigenvalue weighted by Gasteiger charge is 2.25. The summed E-state index contributed by atoms with van der Waals surface area (Å²) in [7, 11) is 3.04. The Morgan fingerprint density at radius 2 is 1.32 bits per heavy atom. The third-order valence-corrected chi connectivity index (χ3v) is 6.83. The van der Waals surface area contributed by atoms with E-state index in [-0.39, 0.29) is 23.6 Å². The predicted octanol–water partition coefficient (Wildman–Crippen LogP) is 6.23. The SMILES string of the molecule is CCCCCCC(CCC(CC1=CC(=O)C=CC1=O)OC(=O)c1cccc(OC)c1)OC(=O)c1cccc(OC)c1. The topological polar surface area (TPSA) is 105 Å². The Morgan fingerprint density at radius 1 is 0.732 bits per heavy atom. The maximum absolute atomic E-state index is 13.1. The van der Waals surface area contributed by atoms with Crippen molar-refractivity contribution in [1.29, 1.82) is 0 Å². The van der Waals surface area contributed by atoms with Crippen LogP contribution >= 0.6 is 0 Å². The minimum atomic E-state index is -0.725. The number of methoxy groups -OCH3 is 2. The van der Waals surface area contributed by atoms with E-state index >= 15 is 0 Å². The molecule has 8 nitrogen and oxygen atoms in total. The molecule has 0 amide bonds. The van der Waals surface area contributed by atoms with Gasteiger partial charge < -0.3 is 18.9 Å². The zero-order valence-electron chi connectivity index (χ0n) is 23.9. The van der Waals surface area contributed by atoms with Crippen molar-refractivity contribution < 1.29 is 38.1 Å². The van der Waals surface area contributed by atoms with Gasteiger partial charge in [0.05, 0.1) is 25.3 Å². The molecule has 1 aliphatic rings. The Bertz CT molecular complexity index is 1280. The van der Waals surface area contributed by atoms with Crippen LogP contribution < -0.4 is 9.47 Å². The van der Waals surface area contributed by atoms with E-state index in [0.29, 0.717) is 41.9 Å². The van der Waals surface area contributed by atoms with Crippen molar-refractivity contribution in [2.75, 3.05) is 14.2 Å². The highest BCUT2D eigenvalue weighted by Crippen LogP contribution is 2.24. The number of esters is 2. The average molecular weight is 563 g/mol. The van der Waals surface area contributed by atoms with Crippen LogP contribution in [0.4, 0.5) is 0 Å². The molecular weight excluding hydrogens is 524 g/mol. The molecule has 2 unspecified atom stereocenters. The van der Waals surface area contributed by atoms with E-state index in [9.17, 15) is 19.2 Å². The predicted molar refractivity (Wildman–Crippen MR) is 154 cm³/mol. The fourth-order valence-electron chi connectivity index (χ4n) is 4.53. The molecule has 0 spiro atoms. The lowest BCUT2D eigenvalue weighted by Gasteiger charge is -2.23. The molecule has 0 saturated carbocycles. The van der Waals surface area contributed by atoms with E-state index in [1.165, 1.54) is 32.4 Å². The average Bonchev–Trinajstić information content (AvgIpc) is 2.99. The van der Waals surface area contributed by atoms with Crippen LogP contribution in [-0.4, -0.2) is 49.9 Å². The standard InChI is InChI=1S/C33H38O8/c1-4-5-6-7-12-27(40-32(36)23-10-8-13-28(20-23)38-2)16-17-30(22-25-19-26(34)15-18-31(25)35)41-33(37)24-11-9-14-29(21-24)39-3/h8-11,13-15,18-21,27,30H,4-7,12,16-17,22H2,1-3H3. The Labute approximate surface area is 241 Å². The van der Waals surface area contributed by atoms with E-state index in [1.54, 1.807) is 48.5 Å². The smallest absolute Gasteiger partial charge is 0.338 e. The number of carbonyl (C=O) groups is 4. The van der Waals surface area contributed by atoms with Crippen LogP contribution in [0.1, 0.15) is 79.0 Å². The minimum Gasteiger partial charge on any atom is -0.497 e. The van der Waals surface area contributed by atoms with Gasteiger partial charge in [0.2, 0.25) is 0 Å². The van der Waals surface area contributed by atoms with Gasteiger partial charge in [-0.15, -0.1) is 0 Å². The van der Waals surface area contributed by atoms with Gasteiger partial charge in [-0.2, -0.15) is 0 Å². The Hall–Kier alpha value is -4.20. The van der Waals surface area contributed by atoms with E-state index in [1.807, 2.05) is 0 Å². The maximum atomic E-state index is 13.1. The molecule has 2 aromatic carbocycles. The normalized spacial score (nSPS) is 14.2. The van der Waals surface area contributed by atoms with Crippen molar-refractivity contribution in [2.45, 2.75) is 70.5 Å². The third-order valence-electron chi connectivity index (χ3n) is 6.83. The van der Waals surface area contributed by atoms with E-state index in [4.69, 9.17) is 18.9 Å². The summed E-state index contributed by atoms with van der Waals surface area (Å²) < 4.78 is 22.2. The molecule has 0 fully saturated rings. The first-order chi connectivity index (χ1) is 19.8. The van der Waals surface area contributed by atoms with Crippen molar-refractivity contribution in [3.8, 4) is 11.5 Å². The Balaban J connectivity index is 1.76. The maximum Gasteiger partial charge on any atom is 0.338 e. The summed E-state index contributed by atoms with van der Waals surface area (Å²) in [6.07, 6.45) is 8.05. The van der Waals surface area contributed by atoms with E-state index in [2.05, 4.69) is 6.92 Å². The number of ether oxygens (including phenoxy) is 4. The van der Waals surface area contributed by atoms with Gasteiger partial charge in [-0.25, -0.2) is 9.59 Å². The van der Waals surface area contributed by atoms with Crippen LogP contribution in [0.25, 0.3) is 0 Å². The van der Waals surface area contributed by atoms with Gasteiger partial charge in [0.15, 0.2) is 11.6 Å². The summed E-state index contributed by atoms with van der Waals surface area (Å²) in [5.74, 6) is -0.570. The van der Waals surface area contributed by atoms with Gasteiger partial charge >= 0.3 is 11.9 Å². The molecule has 0 bridgehead atoms. The molecule has 0 N–H and O–H groups in total. The number of ketones is 2. The highest BCUT2D eigenvalue weighted by atomic mass is 16.5. The van der Waals surface area contributed by atoms with E-state index in [0.717, 1.165) is 25.7 Å². The summed E-state index contributed by atoms with van der Waals surface area (Å²) >= 11 is 0. The zero-order chi connectivity index (χ0) is 29.6. The van der Waals surface area contributed by atoms with Gasteiger partial charge in [-0.05, 0) is 80.3 Å². The second-order valence-corrected chi connectivity index (χ2v) is 9.92. The first-order valence-electron chi connectivity index (χ1n) is 14.0. The van der Waals surface area contributed by atoms with Gasteiger partial charge in [0.25, 0.3) is 0 Å². The van der Waals surface area contributed by atoms with Gasteiger partial charge in [0.1, 0.15) is 23.7 Å².